The zero-order chi connectivity index (χ0) is 25.1. The lowest BCUT2D eigenvalue weighted by Crippen LogP contribution is -2.22. The molecule has 182 valence electrons. The molecule has 0 atom stereocenters. The van der Waals surface area contributed by atoms with Gasteiger partial charge in [0.2, 0.25) is 0 Å². The van der Waals surface area contributed by atoms with Crippen molar-refractivity contribution in [2.24, 2.45) is 0 Å². The maximum Gasteiger partial charge on any atom is 0.251 e. The minimum absolute atomic E-state index is 0.0637. The number of para-hydroxylation sites is 1. The number of hydrogen-bond acceptors (Lipinski definition) is 3. The fraction of sp³-hybridized carbons (Fsp3) is 0.167. The third-order valence-corrected chi connectivity index (χ3v) is 8.37. The second kappa shape index (κ2) is 9.99. The van der Waals surface area contributed by atoms with E-state index in [-0.39, 0.29) is 11.7 Å². The molecular weight excluding hydrogens is 468 g/mol. The molecule has 0 aliphatic heterocycles. The minimum Gasteiger partial charge on any atom is -0.348 e. The average Bonchev–Trinajstić information content (AvgIpc) is 3.24. The van der Waals surface area contributed by atoms with E-state index in [4.69, 9.17) is 0 Å². The number of nitrogens with zero attached hydrogens (tertiary/aromatic N) is 1. The Bertz CT molecular complexity index is 1640. The van der Waals surface area contributed by atoms with Crippen molar-refractivity contribution in [1.29, 1.82) is 0 Å². The fourth-order valence-corrected chi connectivity index (χ4v) is 5.47. The summed E-state index contributed by atoms with van der Waals surface area (Å²) in [6.45, 7) is 2.80. The van der Waals surface area contributed by atoms with E-state index in [0.717, 1.165) is 40.3 Å². The number of benzene rings is 4. The summed E-state index contributed by atoms with van der Waals surface area (Å²) in [4.78, 5) is 13.3. The monoisotopic (exact) mass is 496 g/mol. The van der Waals surface area contributed by atoms with Gasteiger partial charge in [-0.2, -0.15) is 0 Å². The number of nitrogens with one attached hydrogen (secondary N) is 1. The summed E-state index contributed by atoms with van der Waals surface area (Å²) in [6.07, 6.45) is 0.926. The number of rotatable bonds is 8. The molecule has 5 aromatic rings. The fourth-order valence-electron chi connectivity index (χ4n) is 4.59. The van der Waals surface area contributed by atoms with Crippen molar-refractivity contribution in [3.63, 3.8) is 0 Å². The first-order valence-corrected chi connectivity index (χ1v) is 13.8. The molecule has 0 bridgehead atoms. The highest BCUT2D eigenvalue weighted by Gasteiger charge is 2.14. The molecule has 5 rings (SSSR count). The van der Waals surface area contributed by atoms with E-state index in [0.29, 0.717) is 17.0 Å². The van der Waals surface area contributed by atoms with E-state index in [1.54, 1.807) is 31.2 Å². The Hall–Kier alpha value is -3.90. The van der Waals surface area contributed by atoms with Crippen LogP contribution in [0.15, 0.2) is 102 Å². The first kappa shape index (κ1) is 23.8. The highest BCUT2D eigenvalue weighted by molar-refractivity contribution is 7.91. The third kappa shape index (κ3) is 4.77. The predicted molar refractivity (Wildman–Crippen MR) is 145 cm³/mol. The lowest BCUT2D eigenvalue weighted by molar-refractivity contribution is 0.0951. The quantitative estimate of drug-likeness (QED) is 0.297. The predicted octanol–water partition coefficient (Wildman–Crippen LogP) is 5.76. The molecule has 0 radical (unpaired) electrons. The second-order valence-corrected chi connectivity index (χ2v) is 11.1. The molecule has 1 N–H and O–H groups in total. The van der Waals surface area contributed by atoms with Gasteiger partial charge in [-0.15, -0.1) is 0 Å². The second-order valence-electron chi connectivity index (χ2n) is 8.87. The maximum absolute atomic E-state index is 13.0. The van der Waals surface area contributed by atoms with Gasteiger partial charge in [0, 0.05) is 40.5 Å². The summed E-state index contributed by atoms with van der Waals surface area (Å²) in [7, 11) is -3.24. The number of hydrogen-bond donors (Lipinski definition) is 1. The molecule has 0 aliphatic carbocycles. The van der Waals surface area contributed by atoms with E-state index in [1.165, 1.54) is 5.56 Å². The maximum atomic E-state index is 13.0. The number of amides is 1. The van der Waals surface area contributed by atoms with Crippen LogP contribution in [-0.4, -0.2) is 24.6 Å². The van der Waals surface area contributed by atoms with Crippen molar-refractivity contribution in [2.45, 2.75) is 31.3 Å². The highest BCUT2D eigenvalue weighted by Crippen LogP contribution is 2.30. The zero-order valence-corrected chi connectivity index (χ0v) is 21.0. The number of fused-ring (bicyclic) bond motifs is 3. The van der Waals surface area contributed by atoms with Gasteiger partial charge in [-0.25, -0.2) is 8.42 Å². The van der Waals surface area contributed by atoms with Crippen LogP contribution >= 0.6 is 0 Å². The highest BCUT2D eigenvalue weighted by atomic mass is 32.2. The Labute approximate surface area is 211 Å². The Morgan fingerprint density at radius 3 is 2.22 bits per heavy atom. The zero-order valence-electron chi connectivity index (χ0n) is 20.1. The van der Waals surface area contributed by atoms with E-state index >= 15 is 0 Å². The Kier molecular flexibility index (Phi) is 6.61. The van der Waals surface area contributed by atoms with E-state index < -0.39 is 9.84 Å². The van der Waals surface area contributed by atoms with Crippen LogP contribution in [0.5, 0.6) is 0 Å². The molecule has 0 saturated heterocycles. The van der Waals surface area contributed by atoms with Crippen molar-refractivity contribution in [3.05, 3.63) is 114 Å². The number of carbonyl (C=O) groups excluding carboxylic acids is 1. The molecule has 0 saturated carbocycles. The van der Waals surface area contributed by atoms with Gasteiger partial charge in [0.25, 0.3) is 5.91 Å². The van der Waals surface area contributed by atoms with Gasteiger partial charge in [-0.3, -0.25) is 4.79 Å². The number of aryl methyl sites for hydroxylation is 2. The van der Waals surface area contributed by atoms with Gasteiger partial charge in [0.15, 0.2) is 9.84 Å². The van der Waals surface area contributed by atoms with Crippen molar-refractivity contribution >= 4 is 37.6 Å². The number of sulfone groups is 1. The lowest BCUT2D eigenvalue weighted by Gasteiger charge is -2.09. The Morgan fingerprint density at radius 2 is 1.47 bits per heavy atom. The number of carbonyl (C=O) groups is 1. The molecule has 5 nitrogen and oxygen atoms in total. The van der Waals surface area contributed by atoms with E-state index in [2.05, 4.69) is 46.3 Å². The number of aromatic nitrogens is 1. The van der Waals surface area contributed by atoms with Gasteiger partial charge in [-0.05, 0) is 53.9 Å². The first-order chi connectivity index (χ1) is 17.5. The molecular formula is C30H28N2O3S. The van der Waals surface area contributed by atoms with Crippen LogP contribution in [0.3, 0.4) is 0 Å². The van der Waals surface area contributed by atoms with Crippen molar-refractivity contribution < 1.29 is 13.2 Å². The molecule has 6 heteroatoms. The van der Waals surface area contributed by atoms with Crippen LogP contribution < -0.4 is 5.32 Å². The van der Waals surface area contributed by atoms with Crippen LogP contribution in [0.4, 0.5) is 0 Å². The summed E-state index contributed by atoms with van der Waals surface area (Å²) in [5.41, 5.74) is 5.00. The summed E-state index contributed by atoms with van der Waals surface area (Å²) in [6, 6.07) is 31.3. The summed E-state index contributed by atoms with van der Waals surface area (Å²) < 4.78 is 26.3. The first-order valence-electron chi connectivity index (χ1n) is 12.1. The molecule has 1 heterocycles. The van der Waals surface area contributed by atoms with E-state index in [1.807, 2.05) is 36.4 Å². The minimum atomic E-state index is -3.24. The summed E-state index contributed by atoms with van der Waals surface area (Å²) in [5.74, 6) is -0.0999. The summed E-state index contributed by atoms with van der Waals surface area (Å²) >= 11 is 0. The molecule has 0 aliphatic rings. The standard InChI is InChI=1S/C30H28N2O3S/c1-2-36(34,35)25-15-12-23(13-16-25)21-31-30(33)24-14-17-29-27(20-24)26-10-6-7-11-28(26)32(29)19-18-22-8-4-3-5-9-22/h3-17,20H,2,18-19,21H2,1H3,(H,31,33). The topological polar surface area (TPSA) is 68.2 Å². The summed E-state index contributed by atoms with van der Waals surface area (Å²) in [5, 5.41) is 5.14. The third-order valence-electron chi connectivity index (χ3n) is 6.62. The average molecular weight is 497 g/mol. The van der Waals surface area contributed by atoms with E-state index in [9.17, 15) is 13.2 Å². The molecule has 36 heavy (non-hydrogen) atoms. The van der Waals surface area contributed by atoms with Crippen molar-refractivity contribution in [1.82, 2.24) is 9.88 Å². The molecule has 4 aromatic carbocycles. The van der Waals surface area contributed by atoms with Crippen LogP contribution in [0.25, 0.3) is 21.8 Å². The SMILES string of the molecule is CCS(=O)(=O)c1ccc(CNC(=O)c2ccc3c(c2)c2ccccc2n3CCc2ccccc2)cc1. The smallest absolute Gasteiger partial charge is 0.251 e. The van der Waals surface area contributed by atoms with Gasteiger partial charge < -0.3 is 9.88 Å². The van der Waals surface area contributed by atoms with Crippen LogP contribution in [0.2, 0.25) is 0 Å². The largest absolute Gasteiger partial charge is 0.348 e. The van der Waals surface area contributed by atoms with Crippen LogP contribution in [-0.2, 0) is 29.3 Å². The van der Waals surface area contributed by atoms with Gasteiger partial charge in [-0.1, -0.05) is 67.6 Å². The molecule has 1 amide bonds. The van der Waals surface area contributed by atoms with Crippen LogP contribution in [0.1, 0.15) is 28.4 Å². The normalized spacial score (nSPS) is 11.7. The van der Waals surface area contributed by atoms with Gasteiger partial charge in [0.1, 0.15) is 0 Å². The van der Waals surface area contributed by atoms with Crippen molar-refractivity contribution in [2.75, 3.05) is 5.75 Å². The molecule has 1 aromatic heterocycles. The lowest BCUT2D eigenvalue weighted by atomic mass is 10.1. The molecule has 0 fully saturated rings. The van der Waals surface area contributed by atoms with Gasteiger partial charge >= 0.3 is 0 Å². The van der Waals surface area contributed by atoms with Crippen LogP contribution in [0, 0.1) is 0 Å². The molecule has 0 unspecified atom stereocenters. The van der Waals surface area contributed by atoms with Crippen molar-refractivity contribution in [3.8, 4) is 0 Å². The van der Waals surface area contributed by atoms with Gasteiger partial charge in [0.05, 0.1) is 10.6 Å². The Morgan fingerprint density at radius 1 is 0.778 bits per heavy atom. The Balaban J connectivity index is 1.37. The molecule has 0 spiro atoms.